The summed E-state index contributed by atoms with van der Waals surface area (Å²) in [6, 6.07) is -1.24. The summed E-state index contributed by atoms with van der Waals surface area (Å²) in [4.78, 5) is 24.9. The first-order valence-corrected chi connectivity index (χ1v) is 7.00. The molecule has 0 aromatic rings. The number of urea groups is 1. The van der Waals surface area contributed by atoms with Gasteiger partial charge >= 0.3 is 12.0 Å². The zero-order valence-corrected chi connectivity index (χ0v) is 11.8. The first-order valence-electron chi connectivity index (χ1n) is 7.00. The molecule has 1 saturated heterocycles. The van der Waals surface area contributed by atoms with Crippen molar-refractivity contribution in [1.82, 2.24) is 15.5 Å². The summed E-state index contributed by atoms with van der Waals surface area (Å²) in [7, 11) is 0. The number of carboxylic acid groups (broad SMARTS) is 1. The zero-order valence-electron chi connectivity index (χ0n) is 11.8. The highest BCUT2D eigenvalue weighted by atomic mass is 16.4. The van der Waals surface area contributed by atoms with Crippen LogP contribution in [0.15, 0.2) is 0 Å². The average Bonchev–Trinajstić information content (AvgIpc) is 2.36. The van der Waals surface area contributed by atoms with Crippen LogP contribution in [0.2, 0.25) is 0 Å². The number of hydrogen-bond acceptors (Lipinski definition) is 3. The molecular formula is C13H25N3O3. The number of amides is 2. The molecule has 2 amide bonds. The molecule has 6 nitrogen and oxygen atoms in total. The number of hydrogen-bond donors (Lipinski definition) is 3. The maximum atomic E-state index is 11.6. The largest absolute Gasteiger partial charge is 0.480 e. The fraction of sp³-hybridized carbons (Fsp3) is 0.846. The molecule has 0 aromatic carbocycles. The van der Waals surface area contributed by atoms with Crippen molar-refractivity contribution >= 4 is 12.0 Å². The standard InChI is InChI=1S/C13H25N3O3/c1-10(2)11(12(17)18)15-13(19)14-6-9-16-7-4-3-5-8-16/h10-11H,3-9H2,1-2H3,(H,17,18)(H2,14,15,19). The second kappa shape index (κ2) is 7.99. The van der Waals surface area contributed by atoms with Crippen LogP contribution >= 0.6 is 0 Å². The minimum atomic E-state index is -0.999. The lowest BCUT2D eigenvalue weighted by Crippen LogP contribution is -2.50. The minimum Gasteiger partial charge on any atom is -0.480 e. The van der Waals surface area contributed by atoms with E-state index in [0.717, 1.165) is 19.6 Å². The van der Waals surface area contributed by atoms with Crippen LogP contribution in [0.25, 0.3) is 0 Å². The first kappa shape index (κ1) is 15.8. The average molecular weight is 271 g/mol. The predicted octanol–water partition coefficient (Wildman–Crippen LogP) is 0.881. The summed E-state index contributed by atoms with van der Waals surface area (Å²) in [5, 5.41) is 14.2. The second-order valence-corrected chi connectivity index (χ2v) is 5.36. The highest BCUT2D eigenvalue weighted by Gasteiger charge is 2.23. The molecule has 1 rings (SSSR count). The van der Waals surface area contributed by atoms with Gasteiger partial charge in [0.2, 0.25) is 0 Å². The van der Waals surface area contributed by atoms with Gasteiger partial charge < -0.3 is 20.6 Å². The molecule has 110 valence electrons. The van der Waals surface area contributed by atoms with Crippen LogP contribution in [-0.2, 0) is 4.79 Å². The minimum absolute atomic E-state index is 0.134. The second-order valence-electron chi connectivity index (χ2n) is 5.36. The number of likely N-dealkylation sites (tertiary alicyclic amines) is 1. The van der Waals surface area contributed by atoms with Crippen LogP contribution in [0.4, 0.5) is 4.79 Å². The van der Waals surface area contributed by atoms with Gasteiger partial charge in [0.1, 0.15) is 6.04 Å². The summed E-state index contributed by atoms with van der Waals surface area (Å²) in [5.74, 6) is -1.13. The Balaban J connectivity index is 2.21. The topological polar surface area (TPSA) is 81.7 Å². The third-order valence-electron chi connectivity index (χ3n) is 3.38. The van der Waals surface area contributed by atoms with Gasteiger partial charge in [0, 0.05) is 13.1 Å². The Bertz CT molecular complexity index is 302. The van der Waals surface area contributed by atoms with Gasteiger partial charge in [-0.15, -0.1) is 0 Å². The van der Waals surface area contributed by atoms with Crippen molar-refractivity contribution in [2.75, 3.05) is 26.2 Å². The van der Waals surface area contributed by atoms with Gasteiger partial charge in [-0.2, -0.15) is 0 Å². The van der Waals surface area contributed by atoms with E-state index in [2.05, 4.69) is 15.5 Å². The van der Waals surface area contributed by atoms with Crippen LogP contribution in [0.1, 0.15) is 33.1 Å². The van der Waals surface area contributed by atoms with E-state index in [9.17, 15) is 9.59 Å². The monoisotopic (exact) mass is 271 g/mol. The van der Waals surface area contributed by atoms with Crippen LogP contribution < -0.4 is 10.6 Å². The van der Waals surface area contributed by atoms with Crippen LogP contribution in [-0.4, -0.2) is 54.2 Å². The van der Waals surface area contributed by atoms with E-state index in [0.29, 0.717) is 6.54 Å². The van der Waals surface area contributed by atoms with Crippen molar-refractivity contribution in [1.29, 1.82) is 0 Å². The summed E-state index contributed by atoms with van der Waals surface area (Å²) in [6.45, 7) is 7.10. The Morgan fingerprint density at radius 3 is 2.37 bits per heavy atom. The van der Waals surface area contributed by atoms with Crippen LogP contribution in [0.5, 0.6) is 0 Å². The molecule has 0 aromatic heterocycles. The number of nitrogens with one attached hydrogen (secondary N) is 2. The number of aliphatic carboxylic acids is 1. The smallest absolute Gasteiger partial charge is 0.326 e. The molecule has 0 bridgehead atoms. The van der Waals surface area contributed by atoms with Gasteiger partial charge in [0.05, 0.1) is 0 Å². The summed E-state index contributed by atoms with van der Waals surface area (Å²) in [6.07, 6.45) is 3.74. The summed E-state index contributed by atoms with van der Waals surface area (Å²) < 4.78 is 0. The molecule has 0 spiro atoms. The lowest BCUT2D eigenvalue weighted by atomic mass is 10.1. The molecule has 3 N–H and O–H groups in total. The maximum absolute atomic E-state index is 11.6. The first-order chi connectivity index (χ1) is 9.00. The Hall–Kier alpha value is -1.30. The molecule has 1 atom stereocenters. The number of nitrogens with zero attached hydrogens (tertiary/aromatic N) is 1. The molecule has 1 aliphatic heterocycles. The van der Waals surface area contributed by atoms with Gasteiger partial charge in [-0.3, -0.25) is 0 Å². The van der Waals surface area contributed by atoms with Crippen molar-refractivity contribution < 1.29 is 14.7 Å². The highest BCUT2D eigenvalue weighted by Crippen LogP contribution is 2.07. The van der Waals surface area contributed by atoms with Gasteiger partial charge in [-0.25, -0.2) is 9.59 Å². The van der Waals surface area contributed by atoms with Crippen molar-refractivity contribution in [3.63, 3.8) is 0 Å². The normalized spacial score (nSPS) is 18.1. The quantitative estimate of drug-likeness (QED) is 0.670. The molecule has 19 heavy (non-hydrogen) atoms. The highest BCUT2D eigenvalue weighted by molar-refractivity contribution is 5.82. The number of carbonyl (C=O) groups excluding carboxylic acids is 1. The predicted molar refractivity (Wildman–Crippen MR) is 73.1 cm³/mol. The molecular weight excluding hydrogens is 246 g/mol. The van der Waals surface area contributed by atoms with E-state index in [1.165, 1.54) is 19.3 Å². The fourth-order valence-electron chi connectivity index (χ4n) is 2.22. The van der Waals surface area contributed by atoms with Crippen molar-refractivity contribution in [2.24, 2.45) is 5.92 Å². The molecule has 1 unspecified atom stereocenters. The third kappa shape index (κ3) is 5.92. The summed E-state index contributed by atoms with van der Waals surface area (Å²) in [5.41, 5.74) is 0. The van der Waals surface area contributed by atoms with E-state index in [1.54, 1.807) is 13.8 Å². The van der Waals surface area contributed by atoms with Gasteiger partial charge in [0.15, 0.2) is 0 Å². The van der Waals surface area contributed by atoms with Gasteiger partial charge in [-0.05, 0) is 31.8 Å². The Labute approximate surface area is 114 Å². The molecule has 1 heterocycles. The van der Waals surface area contributed by atoms with Crippen molar-refractivity contribution in [3.05, 3.63) is 0 Å². The van der Waals surface area contributed by atoms with E-state index < -0.39 is 18.0 Å². The Morgan fingerprint density at radius 2 is 1.84 bits per heavy atom. The number of carboxylic acids is 1. The maximum Gasteiger partial charge on any atom is 0.326 e. The number of carbonyl (C=O) groups is 2. The molecule has 6 heteroatoms. The van der Waals surface area contributed by atoms with Crippen LogP contribution in [0.3, 0.4) is 0 Å². The van der Waals surface area contributed by atoms with Gasteiger partial charge in [0.25, 0.3) is 0 Å². The van der Waals surface area contributed by atoms with E-state index >= 15 is 0 Å². The zero-order chi connectivity index (χ0) is 14.3. The van der Waals surface area contributed by atoms with E-state index in [-0.39, 0.29) is 5.92 Å². The van der Waals surface area contributed by atoms with Crippen molar-refractivity contribution in [2.45, 2.75) is 39.2 Å². The SMILES string of the molecule is CC(C)C(NC(=O)NCCN1CCCCC1)C(=O)O. The third-order valence-corrected chi connectivity index (χ3v) is 3.38. The molecule has 1 aliphatic rings. The summed E-state index contributed by atoms with van der Waals surface area (Å²) >= 11 is 0. The van der Waals surface area contributed by atoms with E-state index in [4.69, 9.17) is 5.11 Å². The fourth-order valence-corrected chi connectivity index (χ4v) is 2.22. The van der Waals surface area contributed by atoms with E-state index in [1.807, 2.05) is 0 Å². The molecule has 0 aliphatic carbocycles. The molecule has 0 radical (unpaired) electrons. The Morgan fingerprint density at radius 1 is 1.21 bits per heavy atom. The van der Waals surface area contributed by atoms with Crippen LogP contribution in [0, 0.1) is 5.92 Å². The van der Waals surface area contributed by atoms with Gasteiger partial charge in [-0.1, -0.05) is 20.3 Å². The van der Waals surface area contributed by atoms with Crippen molar-refractivity contribution in [3.8, 4) is 0 Å². The Kier molecular flexibility index (Phi) is 6.62. The number of piperidine rings is 1. The number of rotatable bonds is 6. The molecule has 1 fully saturated rings. The molecule has 0 saturated carbocycles. The lowest BCUT2D eigenvalue weighted by Gasteiger charge is -2.26. The lowest BCUT2D eigenvalue weighted by molar-refractivity contribution is -0.140.